The van der Waals surface area contributed by atoms with Crippen molar-refractivity contribution in [2.24, 2.45) is 5.14 Å². The standard InChI is InChI=1S/C20H19ClN2O6S/c1-11-14-9-16(21)18(29-20(25)23(2)3)10-17(14)28-19(24)15(11)8-12-5-4-6-13(7-12)30(22,26)27/h4-7,9-10H,8H2,1-3H3,(H2,22,26,27). The predicted octanol–water partition coefficient (Wildman–Crippen LogP) is 3.05. The van der Waals surface area contributed by atoms with E-state index in [1.165, 1.54) is 37.2 Å². The van der Waals surface area contributed by atoms with Crippen LogP contribution in [0.1, 0.15) is 16.7 Å². The first-order valence-corrected chi connectivity index (χ1v) is 10.7. The molecule has 2 aromatic carbocycles. The second-order valence-corrected chi connectivity index (χ2v) is 8.87. The lowest BCUT2D eigenvalue weighted by molar-refractivity contribution is 0.172. The quantitative estimate of drug-likeness (QED) is 0.610. The fourth-order valence-corrected chi connectivity index (χ4v) is 3.68. The minimum absolute atomic E-state index is 0.0433. The van der Waals surface area contributed by atoms with E-state index in [4.69, 9.17) is 25.9 Å². The van der Waals surface area contributed by atoms with Crippen molar-refractivity contribution in [2.75, 3.05) is 14.1 Å². The predicted molar refractivity (Wildman–Crippen MR) is 113 cm³/mol. The van der Waals surface area contributed by atoms with Crippen molar-refractivity contribution in [1.82, 2.24) is 4.90 Å². The molecule has 0 unspecified atom stereocenters. The van der Waals surface area contributed by atoms with E-state index >= 15 is 0 Å². The first kappa shape index (κ1) is 21.8. The van der Waals surface area contributed by atoms with Crippen LogP contribution in [0.4, 0.5) is 4.79 Å². The number of hydrogen-bond donors (Lipinski definition) is 1. The van der Waals surface area contributed by atoms with Crippen LogP contribution in [0.15, 0.2) is 50.5 Å². The number of halogens is 1. The van der Waals surface area contributed by atoms with E-state index in [0.29, 0.717) is 22.1 Å². The molecule has 8 nitrogen and oxygen atoms in total. The third-order valence-corrected chi connectivity index (χ3v) is 5.72. The Kier molecular flexibility index (Phi) is 5.89. The maximum atomic E-state index is 12.6. The number of fused-ring (bicyclic) bond motifs is 1. The van der Waals surface area contributed by atoms with E-state index < -0.39 is 21.7 Å². The number of carbonyl (C=O) groups excluding carboxylic acids is 1. The van der Waals surface area contributed by atoms with Crippen LogP contribution >= 0.6 is 11.6 Å². The molecule has 1 aromatic heterocycles. The number of benzene rings is 2. The zero-order valence-corrected chi connectivity index (χ0v) is 18.0. The minimum atomic E-state index is -3.86. The molecule has 0 saturated heterocycles. The zero-order valence-electron chi connectivity index (χ0n) is 16.4. The summed E-state index contributed by atoms with van der Waals surface area (Å²) in [5.41, 5.74) is 1.18. The molecule has 158 valence electrons. The summed E-state index contributed by atoms with van der Waals surface area (Å²) in [4.78, 5) is 25.6. The molecule has 3 rings (SSSR count). The highest BCUT2D eigenvalue weighted by atomic mass is 35.5. The Balaban J connectivity index is 2.06. The van der Waals surface area contributed by atoms with Crippen LogP contribution in [-0.4, -0.2) is 33.5 Å². The van der Waals surface area contributed by atoms with Crippen LogP contribution in [0.5, 0.6) is 5.75 Å². The average molecular weight is 451 g/mol. The van der Waals surface area contributed by atoms with Gasteiger partial charge in [-0.1, -0.05) is 23.7 Å². The van der Waals surface area contributed by atoms with Gasteiger partial charge in [0.2, 0.25) is 10.0 Å². The highest BCUT2D eigenvalue weighted by Gasteiger charge is 2.18. The fraction of sp³-hybridized carbons (Fsp3) is 0.200. The van der Waals surface area contributed by atoms with Crippen LogP contribution in [0.2, 0.25) is 5.02 Å². The summed E-state index contributed by atoms with van der Waals surface area (Å²) >= 11 is 6.25. The minimum Gasteiger partial charge on any atom is -0.422 e. The summed E-state index contributed by atoms with van der Waals surface area (Å²) in [6, 6.07) is 8.97. The topological polar surface area (TPSA) is 120 Å². The zero-order chi connectivity index (χ0) is 22.2. The Morgan fingerprint density at radius 2 is 1.93 bits per heavy atom. The second-order valence-electron chi connectivity index (χ2n) is 6.90. The van der Waals surface area contributed by atoms with Gasteiger partial charge >= 0.3 is 11.7 Å². The van der Waals surface area contributed by atoms with Crippen LogP contribution in [0.25, 0.3) is 11.0 Å². The van der Waals surface area contributed by atoms with Gasteiger partial charge in [-0.05, 0) is 36.2 Å². The maximum Gasteiger partial charge on any atom is 0.414 e. The van der Waals surface area contributed by atoms with Gasteiger partial charge in [0.25, 0.3) is 0 Å². The molecule has 0 bridgehead atoms. The van der Waals surface area contributed by atoms with E-state index in [1.54, 1.807) is 25.1 Å². The molecule has 0 radical (unpaired) electrons. The van der Waals surface area contributed by atoms with Gasteiger partial charge in [-0.25, -0.2) is 23.1 Å². The Morgan fingerprint density at radius 3 is 2.57 bits per heavy atom. The van der Waals surface area contributed by atoms with Crippen LogP contribution in [0, 0.1) is 6.92 Å². The van der Waals surface area contributed by atoms with Gasteiger partial charge in [0.15, 0.2) is 5.75 Å². The number of primary sulfonamides is 1. The van der Waals surface area contributed by atoms with Gasteiger partial charge in [0.1, 0.15) is 5.58 Å². The summed E-state index contributed by atoms with van der Waals surface area (Å²) in [7, 11) is -0.810. The van der Waals surface area contributed by atoms with Gasteiger partial charge in [-0.3, -0.25) is 0 Å². The summed E-state index contributed by atoms with van der Waals surface area (Å²) in [5, 5.41) is 5.92. The third-order valence-electron chi connectivity index (χ3n) is 4.51. The largest absolute Gasteiger partial charge is 0.422 e. The smallest absolute Gasteiger partial charge is 0.414 e. The van der Waals surface area contributed by atoms with Crippen molar-refractivity contribution < 1.29 is 22.4 Å². The Labute approximate surface area is 177 Å². The van der Waals surface area contributed by atoms with Crippen molar-refractivity contribution in [3.05, 3.63) is 68.5 Å². The van der Waals surface area contributed by atoms with Crippen molar-refractivity contribution in [1.29, 1.82) is 0 Å². The van der Waals surface area contributed by atoms with Crippen LogP contribution < -0.4 is 15.5 Å². The third kappa shape index (κ3) is 4.48. The monoisotopic (exact) mass is 450 g/mol. The fourth-order valence-electron chi connectivity index (χ4n) is 2.89. The lowest BCUT2D eigenvalue weighted by atomic mass is 9.99. The molecule has 0 atom stereocenters. The van der Waals surface area contributed by atoms with E-state index in [1.807, 2.05) is 0 Å². The van der Waals surface area contributed by atoms with Gasteiger partial charge < -0.3 is 14.1 Å². The Bertz CT molecular complexity index is 1310. The molecule has 0 aliphatic heterocycles. The molecule has 0 spiro atoms. The Hall–Kier alpha value is -2.88. The number of nitrogens with two attached hydrogens (primary N) is 1. The lowest BCUT2D eigenvalue weighted by Crippen LogP contribution is -2.25. The number of hydrogen-bond acceptors (Lipinski definition) is 6. The SMILES string of the molecule is Cc1c(Cc2cccc(S(N)(=O)=O)c2)c(=O)oc2cc(OC(=O)N(C)C)c(Cl)cc12. The first-order valence-electron chi connectivity index (χ1n) is 8.74. The summed E-state index contributed by atoms with van der Waals surface area (Å²) in [6.45, 7) is 1.74. The van der Waals surface area contributed by atoms with Crippen molar-refractivity contribution in [2.45, 2.75) is 18.2 Å². The Morgan fingerprint density at radius 1 is 1.23 bits per heavy atom. The molecule has 0 fully saturated rings. The number of aryl methyl sites for hydroxylation is 1. The average Bonchev–Trinajstić information content (AvgIpc) is 2.66. The van der Waals surface area contributed by atoms with Crippen LogP contribution in [-0.2, 0) is 16.4 Å². The summed E-state index contributed by atoms with van der Waals surface area (Å²) in [5.74, 6) is 0.0685. The normalized spacial score (nSPS) is 11.5. The maximum absolute atomic E-state index is 12.6. The second kappa shape index (κ2) is 8.10. The van der Waals surface area contributed by atoms with E-state index in [9.17, 15) is 18.0 Å². The molecule has 30 heavy (non-hydrogen) atoms. The van der Waals surface area contributed by atoms with Crippen molar-refractivity contribution in [3.8, 4) is 5.75 Å². The van der Waals surface area contributed by atoms with E-state index in [2.05, 4.69) is 0 Å². The molecule has 3 aromatic rings. The van der Waals surface area contributed by atoms with Gasteiger partial charge in [0, 0.05) is 37.5 Å². The van der Waals surface area contributed by atoms with E-state index in [-0.39, 0.29) is 27.7 Å². The van der Waals surface area contributed by atoms with Crippen LogP contribution in [0.3, 0.4) is 0 Å². The molecule has 1 amide bonds. The summed E-state index contributed by atoms with van der Waals surface area (Å²) in [6.07, 6.45) is -0.482. The van der Waals surface area contributed by atoms with Gasteiger partial charge in [0.05, 0.1) is 9.92 Å². The number of nitrogens with zero attached hydrogens (tertiary/aromatic N) is 1. The van der Waals surface area contributed by atoms with Crippen molar-refractivity contribution >= 4 is 38.7 Å². The number of amides is 1. The van der Waals surface area contributed by atoms with Gasteiger partial charge in [-0.15, -0.1) is 0 Å². The number of carbonyl (C=O) groups is 1. The number of ether oxygens (including phenoxy) is 1. The highest BCUT2D eigenvalue weighted by Crippen LogP contribution is 2.32. The summed E-state index contributed by atoms with van der Waals surface area (Å²) < 4.78 is 33.8. The molecule has 0 aliphatic carbocycles. The van der Waals surface area contributed by atoms with Gasteiger partial charge in [-0.2, -0.15) is 0 Å². The molecular formula is C20H19ClN2O6S. The first-order chi connectivity index (χ1) is 14.0. The molecule has 10 heteroatoms. The van der Waals surface area contributed by atoms with Crippen molar-refractivity contribution in [3.63, 3.8) is 0 Å². The molecule has 0 saturated carbocycles. The molecular weight excluding hydrogens is 432 g/mol. The number of rotatable bonds is 4. The highest BCUT2D eigenvalue weighted by molar-refractivity contribution is 7.89. The molecule has 1 heterocycles. The van der Waals surface area contributed by atoms with E-state index in [0.717, 1.165) is 0 Å². The number of sulfonamides is 1. The molecule has 2 N–H and O–H groups in total. The molecule has 0 aliphatic rings. The lowest BCUT2D eigenvalue weighted by Gasteiger charge is -2.13.